The molecule has 19 heavy (non-hydrogen) atoms. The van der Waals surface area contributed by atoms with Crippen LogP contribution in [0.3, 0.4) is 0 Å². The van der Waals surface area contributed by atoms with Crippen molar-refractivity contribution in [3.8, 4) is 0 Å². The van der Waals surface area contributed by atoms with Crippen LogP contribution in [-0.4, -0.2) is 37.2 Å². The molecule has 4 nitrogen and oxygen atoms in total. The first kappa shape index (κ1) is 16.4. The monoisotopic (exact) mass is 305 g/mol. The van der Waals surface area contributed by atoms with Gasteiger partial charge in [-0.1, -0.05) is 23.7 Å². The molecule has 0 amide bonds. The average Bonchev–Trinajstić information content (AvgIpc) is 2.38. The highest BCUT2D eigenvalue weighted by molar-refractivity contribution is 7.89. The van der Waals surface area contributed by atoms with Gasteiger partial charge in [0.2, 0.25) is 10.0 Å². The molecule has 1 rings (SSSR count). The van der Waals surface area contributed by atoms with E-state index in [2.05, 4.69) is 0 Å². The summed E-state index contributed by atoms with van der Waals surface area (Å²) in [7, 11) is -1.72. The summed E-state index contributed by atoms with van der Waals surface area (Å²) in [6, 6.07) is 6.91. The maximum atomic E-state index is 12.1. The molecule has 0 saturated carbocycles. The number of nitrogens with zero attached hydrogens (tertiary/aromatic N) is 1. The molecule has 0 aromatic heterocycles. The van der Waals surface area contributed by atoms with E-state index >= 15 is 0 Å². The molecule has 1 unspecified atom stereocenters. The zero-order chi connectivity index (χ0) is 14.5. The number of hydrogen-bond donors (Lipinski definition) is 1. The maximum absolute atomic E-state index is 12.1. The Morgan fingerprint density at radius 3 is 2.37 bits per heavy atom. The Labute approximate surface area is 120 Å². The lowest BCUT2D eigenvalue weighted by Crippen LogP contribution is -2.31. The number of unbranched alkanes of at least 4 members (excludes halogenated alkanes) is 1. The normalized spacial score (nSPS) is 13.7. The van der Waals surface area contributed by atoms with Crippen LogP contribution in [0.2, 0.25) is 5.02 Å². The van der Waals surface area contributed by atoms with Gasteiger partial charge in [0.1, 0.15) is 0 Å². The molecule has 1 N–H and O–H groups in total. The molecule has 1 aromatic carbocycles. The Morgan fingerprint density at radius 2 is 1.84 bits per heavy atom. The van der Waals surface area contributed by atoms with E-state index in [0.29, 0.717) is 17.9 Å². The van der Waals surface area contributed by atoms with Crippen molar-refractivity contribution in [3.05, 3.63) is 34.9 Å². The first-order valence-corrected chi connectivity index (χ1v) is 8.19. The van der Waals surface area contributed by atoms with Gasteiger partial charge in [-0.25, -0.2) is 8.42 Å². The van der Waals surface area contributed by atoms with Crippen LogP contribution in [0.5, 0.6) is 0 Å². The zero-order valence-electron chi connectivity index (χ0n) is 11.2. The van der Waals surface area contributed by atoms with Crippen LogP contribution in [-0.2, 0) is 10.0 Å². The van der Waals surface area contributed by atoms with E-state index in [9.17, 15) is 8.42 Å². The molecule has 0 heterocycles. The van der Waals surface area contributed by atoms with Crippen LogP contribution in [0, 0.1) is 0 Å². The van der Waals surface area contributed by atoms with E-state index in [1.165, 1.54) is 4.31 Å². The summed E-state index contributed by atoms with van der Waals surface area (Å²) in [6.07, 6.45) is 0.971. The van der Waals surface area contributed by atoms with E-state index in [0.717, 1.165) is 5.56 Å². The van der Waals surface area contributed by atoms with E-state index in [-0.39, 0.29) is 18.4 Å². The fourth-order valence-electron chi connectivity index (χ4n) is 1.73. The Kier molecular flexibility index (Phi) is 6.26. The highest BCUT2D eigenvalue weighted by atomic mass is 35.5. The molecule has 1 aromatic rings. The van der Waals surface area contributed by atoms with Gasteiger partial charge >= 0.3 is 0 Å². The highest BCUT2D eigenvalue weighted by Crippen LogP contribution is 2.23. The van der Waals surface area contributed by atoms with Crippen LogP contribution in [0.4, 0.5) is 0 Å². The van der Waals surface area contributed by atoms with E-state index < -0.39 is 10.0 Å². The third-order valence-corrected chi connectivity index (χ3v) is 5.40. The topological polar surface area (TPSA) is 57.6 Å². The Bertz CT molecular complexity index is 487. The fraction of sp³-hybridized carbons (Fsp3) is 0.538. The number of aliphatic hydroxyl groups is 1. The van der Waals surface area contributed by atoms with Gasteiger partial charge in [-0.2, -0.15) is 4.31 Å². The molecule has 0 aliphatic rings. The first-order valence-electron chi connectivity index (χ1n) is 6.20. The second-order valence-electron chi connectivity index (χ2n) is 4.49. The summed E-state index contributed by atoms with van der Waals surface area (Å²) < 4.78 is 25.6. The van der Waals surface area contributed by atoms with Crippen molar-refractivity contribution in [2.45, 2.75) is 25.8 Å². The van der Waals surface area contributed by atoms with Crippen LogP contribution in [0.1, 0.15) is 31.4 Å². The molecule has 0 radical (unpaired) electrons. The predicted molar refractivity (Wildman–Crippen MR) is 77.7 cm³/mol. The van der Waals surface area contributed by atoms with Gasteiger partial charge in [0.15, 0.2) is 0 Å². The third kappa shape index (κ3) is 4.76. The number of halogens is 1. The number of rotatable bonds is 7. The summed E-state index contributed by atoms with van der Waals surface area (Å²) in [4.78, 5) is 0. The molecule has 0 aliphatic carbocycles. The minimum absolute atomic E-state index is 0.0198. The second-order valence-corrected chi connectivity index (χ2v) is 7.07. The lowest BCUT2D eigenvalue weighted by molar-refractivity contribution is 0.286. The van der Waals surface area contributed by atoms with Crippen molar-refractivity contribution in [2.75, 3.05) is 19.4 Å². The van der Waals surface area contributed by atoms with Crippen LogP contribution in [0.15, 0.2) is 24.3 Å². The van der Waals surface area contributed by atoms with Crippen molar-refractivity contribution in [1.82, 2.24) is 4.31 Å². The van der Waals surface area contributed by atoms with Gasteiger partial charge in [-0.15, -0.1) is 0 Å². The Hall–Kier alpha value is -0.620. The molecule has 6 heteroatoms. The van der Waals surface area contributed by atoms with Gasteiger partial charge in [-0.3, -0.25) is 0 Å². The summed E-state index contributed by atoms with van der Waals surface area (Å²) in [5, 5.41) is 9.32. The Balaban J connectivity index is 2.75. The van der Waals surface area contributed by atoms with Gasteiger partial charge in [-0.05, 0) is 37.5 Å². The number of sulfonamides is 1. The van der Waals surface area contributed by atoms with Crippen molar-refractivity contribution in [3.63, 3.8) is 0 Å². The van der Waals surface area contributed by atoms with Gasteiger partial charge in [0, 0.05) is 24.7 Å². The van der Waals surface area contributed by atoms with Gasteiger partial charge in [0.25, 0.3) is 0 Å². The standard InChI is InChI=1S/C13H20ClNO3S/c1-11(12-5-7-13(14)8-6-12)15(2)19(17,18)10-4-3-9-16/h5-8,11,16H,3-4,9-10H2,1-2H3. The minimum Gasteiger partial charge on any atom is -0.396 e. The van der Waals surface area contributed by atoms with Crippen LogP contribution in [0.25, 0.3) is 0 Å². The van der Waals surface area contributed by atoms with Crippen LogP contribution < -0.4 is 0 Å². The molecule has 0 bridgehead atoms. The van der Waals surface area contributed by atoms with Crippen molar-refractivity contribution < 1.29 is 13.5 Å². The average molecular weight is 306 g/mol. The van der Waals surface area contributed by atoms with Gasteiger partial charge < -0.3 is 5.11 Å². The van der Waals surface area contributed by atoms with Crippen LogP contribution >= 0.6 is 11.6 Å². The number of aliphatic hydroxyl groups excluding tert-OH is 1. The second kappa shape index (κ2) is 7.24. The third-order valence-electron chi connectivity index (χ3n) is 3.15. The summed E-state index contributed by atoms with van der Waals surface area (Å²) in [5.74, 6) is 0.0575. The maximum Gasteiger partial charge on any atom is 0.214 e. The molecule has 0 aliphatic heterocycles. The Morgan fingerprint density at radius 1 is 1.26 bits per heavy atom. The largest absolute Gasteiger partial charge is 0.396 e. The number of benzene rings is 1. The molecule has 1 atom stereocenters. The zero-order valence-corrected chi connectivity index (χ0v) is 12.8. The lowest BCUT2D eigenvalue weighted by atomic mass is 10.1. The quantitative estimate of drug-likeness (QED) is 0.787. The molecular weight excluding hydrogens is 286 g/mol. The van der Waals surface area contributed by atoms with Gasteiger partial charge in [0.05, 0.1) is 5.75 Å². The summed E-state index contributed by atoms with van der Waals surface area (Å²) >= 11 is 5.81. The van der Waals surface area contributed by atoms with E-state index in [1.807, 2.05) is 19.1 Å². The SMILES string of the molecule is CC(c1ccc(Cl)cc1)N(C)S(=O)(=O)CCCCO. The molecular formula is C13H20ClNO3S. The fourth-order valence-corrected chi connectivity index (χ4v) is 3.32. The first-order chi connectivity index (χ1) is 8.88. The highest BCUT2D eigenvalue weighted by Gasteiger charge is 2.23. The molecule has 0 saturated heterocycles. The van der Waals surface area contributed by atoms with Crippen molar-refractivity contribution in [2.24, 2.45) is 0 Å². The molecule has 0 spiro atoms. The summed E-state index contributed by atoms with van der Waals surface area (Å²) in [6.45, 7) is 1.86. The minimum atomic E-state index is -3.30. The van der Waals surface area contributed by atoms with Crippen molar-refractivity contribution >= 4 is 21.6 Å². The molecule has 108 valence electrons. The summed E-state index contributed by atoms with van der Waals surface area (Å²) in [5.41, 5.74) is 0.901. The smallest absolute Gasteiger partial charge is 0.214 e. The van der Waals surface area contributed by atoms with E-state index in [1.54, 1.807) is 19.2 Å². The lowest BCUT2D eigenvalue weighted by Gasteiger charge is -2.24. The number of hydrogen-bond acceptors (Lipinski definition) is 3. The van der Waals surface area contributed by atoms with E-state index in [4.69, 9.17) is 16.7 Å². The van der Waals surface area contributed by atoms with Crippen molar-refractivity contribution in [1.29, 1.82) is 0 Å². The predicted octanol–water partition coefficient (Wildman–Crippen LogP) is 2.44. The molecule has 0 fully saturated rings.